The van der Waals surface area contributed by atoms with Crippen molar-refractivity contribution in [3.05, 3.63) is 29.8 Å². The van der Waals surface area contributed by atoms with Crippen LogP contribution in [0.3, 0.4) is 0 Å². The van der Waals surface area contributed by atoms with Gasteiger partial charge in [0.05, 0.1) is 23.5 Å². The van der Waals surface area contributed by atoms with Crippen LogP contribution in [-0.2, 0) is 15.2 Å². The fourth-order valence-electron chi connectivity index (χ4n) is 5.61. The van der Waals surface area contributed by atoms with Gasteiger partial charge < -0.3 is 24.7 Å². The molecule has 0 bridgehead atoms. The summed E-state index contributed by atoms with van der Waals surface area (Å²) in [5.41, 5.74) is -1.07. The predicted octanol–water partition coefficient (Wildman–Crippen LogP) is 4.28. The first-order valence-corrected chi connectivity index (χ1v) is 13.3. The quantitative estimate of drug-likeness (QED) is 0.478. The molecule has 35 heavy (non-hydrogen) atoms. The Hall–Kier alpha value is -2.12. The third-order valence-electron chi connectivity index (χ3n) is 8.03. The summed E-state index contributed by atoms with van der Waals surface area (Å²) in [7, 11) is 2.13. The molecule has 2 heterocycles. The normalized spacial score (nSPS) is 23.2. The number of carbonyl (C=O) groups is 2. The van der Waals surface area contributed by atoms with Gasteiger partial charge in [-0.3, -0.25) is 9.59 Å². The van der Waals surface area contributed by atoms with Crippen LogP contribution in [-0.4, -0.2) is 71.2 Å². The number of likely N-dealkylation sites (tertiary alicyclic amines) is 2. The van der Waals surface area contributed by atoms with Gasteiger partial charge in [-0.15, -0.1) is 0 Å². The van der Waals surface area contributed by atoms with Crippen LogP contribution in [0.15, 0.2) is 24.3 Å². The van der Waals surface area contributed by atoms with Crippen LogP contribution in [0, 0.1) is 11.3 Å². The van der Waals surface area contributed by atoms with Gasteiger partial charge in [0.2, 0.25) is 5.91 Å². The van der Waals surface area contributed by atoms with E-state index in [4.69, 9.17) is 4.74 Å². The number of para-hydroxylation sites is 1. The molecular weight excluding hydrogens is 444 g/mol. The Morgan fingerprint density at radius 1 is 1.17 bits per heavy atom. The van der Waals surface area contributed by atoms with Crippen molar-refractivity contribution in [2.75, 3.05) is 33.3 Å². The number of rotatable bonds is 10. The van der Waals surface area contributed by atoms with E-state index in [2.05, 4.69) is 18.9 Å². The Morgan fingerprint density at radius 3 is 2.51 bits per heavy atom. The second kappa shape index (κ2) is 11.7. The number of nitrogens with zero attached hydrogens (tertiary/aromatic N) is 2. The van der Waals surface area contributed by atoms with Gasteiger partial charge in [-0.25, -0.2) is 0 Å². The lowest BCUT2D eigenvalue weighted by molar-refractivity contribution is -0.147. The molecule has 2 saturated heterocycles. The molecule has 2 aliphatic rings. The van der Waals surface area contributed by atoms with Gasteiger partial charge >= 0.3 is 5.97 Å². The second-order valence-corrected chi connectivity index (χ2v) is 11.1. The van der Waals surface area contributed by atoms with Crippen molar-refractivity contribution in [3.63, 3.8) is 0 Å². The molecule has 1 amide bonds. The number of carboxylic acid groups (broad SMARTS) is 1. The first kappa shape index (κ1) is 27.5. The molecule has 0 radical (unpaired) electrons. The highest BCUT2D eigenvalue weighted by atomic mass is 16.5. The van der Waals surface area contributed by atoms with E-state index in [1.165, 1.54) is 0 Å². The summed E-state index contributed by atoms with van der Waals surface area (Å²) in [4.78, 5) is 29.1. The van der Waals surface area contributed by atoms with Crippen molar-refractivity contribution in [2.45, 2.75) is 83.8 Å². The third-order valence-corrected chi connectivity index (χ3v) is 8.03. The Labute approximate surface area is 210 Å². The molecule has 0 aromatic heterocycles. The van der Waals surface area contributed by atoms with Gasteiger partial charge in [-0.2, -0.15) is 0 Å². The molecule has 2 fully saturated rings. The summed E-state index contributed by atoms with van der Waals surface area (Å²) in [5, 5.41) is 20.9. The average molecular weight is 489 g/mol. The number of ether oxygens (including phenoxy) is 1. The van der Waals surface area contributed by atoms with Crippen LogP contribution in [0.1, 0.15) is 77.7 Å². The van der Waals surface area contributed by atoms with Crippen LogP contribution in [0.25, 0.3) is 0 Å². The summed E-state index contributed by atoms with van der Waals surface area (Å²) in [5.74, 6) is 0.113. The fourth-order valence-corrected chi connectivity index (χ4v) is 5.61. The second-order valence-electron chi connectivity index (χ2n) is 11.1. The standard InChI is InChI=1S/C28H44N2O5/c1-5-10-23-21(11-8-17-29(23)4)25(31)30-18-15-28(34,16-19-30)22-12-6-7-13-24(22)35-20-9-14-27(2,3)26(32)33/h6-7,12-13,21,23,34H,5,8-11,14-20H2,1-4H3,(H,32,33). The molecule has 0 aliphatic carbocycles. The van der Waals surface area contributed by atoms with E-state index in [0.717, 1.165) is 37.8 Å². The summed E-state index contributed by atoms with van der Waals surface area (Å²) >= 11 is 0. The highest BCUT2D eigenvalue weighted by Crippen LogP contribution is 2.39. The van der Waals surface area contributed by atoms with Gasteiger partial charge in [-0.1, -0.05) is 31.5 Å². The summed E-state index contributed by atoms with van der Waals surface area (Å²) in [6.45, 7) is 8.14. The zero-order valence-corrected chi connectivity index (χ0v) is 22.0. The molecule has 2 N–H and O–H groups in total. The van der Waals surface area contributed by atoms with E-state index in [0.29, 0.717) is 57.2 Å². The van der Waals surface area contributed by atoms with Gasteiger partial charge in [0.25, 0.3) is 0 Å². The topological polar surface area (TPSA) is 90.3 Å². The Kier molecular flexibility index (Phi) is 9.22. The summed E-state index contributed by atoms with van der Waals surface area (Å²) in [6.07, 6.45) is 6.20. The smallest absolute Gasteiger partial charge is 0.309 e. The number of carbonyl (C=O) groups excluding carboxylic acids is 1. The van der Waals surface area contributed by atoms with E-state index in [1.807, 2.05) is 29.2 Å². The lowest BCUT2D eigenvalue weighted by atomic mass is 9.82. The number of amides is 1. The van der Waals surface area contributed by atoms with E-state index >= 15 is 0 Å². The Balaban J connectivity index is 1.61. The molecule has 196 valence electrons. The minimum Gasteiger partial charge on any atom is -0.493 e. The predicted molar refractivity (Wildman–Crippen MR) is 136 cm³/mol. The number of hydrogen-bond donors (Lipinski definition) is 2. The van der Waals surface area contributed by atoms with Gasteiger partial charge in [-0.05, 0) is 78.5 Å². The minimum atomic E-state index is -1.04. The van der Waals surface area contributed by atoms with Crippen LogP contribution in [0.4, 0.5) is 0 Å². The molecule has 0 spiro atoms. The molecule has 2 aliphatic heterocycles. The van der Waals surface area contributed by atoms with Gasteiger partial charge in [0.15, 0.2) is 0 Å². The molecule has 3 rings (SSSR count). The van der Waals surface area contributed by atoms with E-state index in [9.17, 15) is 19.8 Å². The van der Waals surface area contributed by atoms with Gasteiger partial charge in [0.1, 0.15) is 5.75 Å². The SMILES string of the molecule is CCCC1C(C(=O)N2CCC(O)(c3ccccc3OCCCC(C)(C)C(=O)O)CC2)CCCN1C. The van der Waals surface area contributed by atoms with Crippen molar-refractivity contribution < 1.29 is 24.5 Å². The Bertz CT molecular complexity index is 863. The largest absolute Gasteiger partial charge is 0.493 e. The first-order chi connectivity index (χ1) is 16.6. The lowest BCUT2D eigenvalue weighted by Gasteiger charge is -2.44. The van der Waals surface area contributed by atoms with E-state index < -0.39 is 17.0 Å². The molecular formula is C28H44N2O5. The maximum absolute atomic E-state index is 13.5. The van der Waals surface area contributed by atoms with Crippen LogP contribution < -0.4 is 4.74 Å². The maximum Gasteiger partial charge on any atom is 0.309 e. The molecule has 2 unspecified atom stereocenters. The number of carboxylic acids is 1. The van der Waals surface area contributed by atoms with E-state index in [-0.39, 0.29) is 11.8 Å². The van der Waals surface area contributed by atoms with Crippen molar-refractivity contribution in [1.82, 2.24) is 9.80 Å². The Morgan fingerprint density at radius 2 is 1.86 bits per heavy atom. The molecule has 1 aromatic rings. The van der Waals surface area contributed by atoms with Crippen molar-refractivity contribution in [2.24, 2.45) is 11.3 Å². The number of piperidine rings is 2. The molecule has 7 heteroatoms. The third kappa shape index (κ3) is 6.56. The zero-order chi connectivity index (χ0) is 25.6. The molecule has 0 saturated carbocycles. The molecule has 1 aromatic carbocycles. The number of hydrogen-bond acceptors (Lipinski definition) is 5. The van der Waals surface area contributed by atoms with Crippen LogP contribution >= 0.6 is 0 Å². The lowest BCUT2D eigenvalue weighted by Crippen LogP contribution is -2.53. The average Bonchev–Trinajstić information content (AvgIpc) is 2.83. The summed E-state index contributed by atoms with van der Waals surface area (Å²) in [6, 6.07) is 7.86. The summed E-state index contributed by atoms with van der Waals surface area (Å²) < 4.78 is 6.01. The highest BCUT2D eigenvalue weighted by Gasteiger charge is 2.41. The van der Waals surface area contributed by atoms with Crippen molar-refractivity contribution in [1.29, 1.82) is 0 Å². The van der Waals surface area contributed by atoms with Crippen molar-refractivity contribution >= 4 is 11.9 Å². The zero-order valence-electron chi connectivity index (χ0n) is 22.0. The fraction of sp³-hybridized carbons (Fsp3) is 0.714. The van der Waals surface area contributed by atoms with Crippen LogP contribution in [0.2, 0.25) is 0 Å². The first-order valence-electron chi connectivity index (χ1n) is 13.3. The van der Waals surface area contributed by atoms with Crippen LogP contribution in [0.5, 0.6) is 5.75 Å². The van der Waals surface area contributed by atoms with E-state index in [1.54, 1.807) is 13.8 Å². The number of aliphatic hydroxyl groups is 1. The number of aliphatic carboxylic acids is 1. The highest BCUT2D eigenvalue weighted by molar-refractivity contribution is 5.80. The molecule has 2 atom stereocenters. The van der Waals surface area contributed by atoms with Gasteiger partial charge in [0, 0.05) is 24.7 Å². The monoisotopic (exact) mass is 488 g/mol. The molecule has 7 nitrogen and oxygen atoms in total. The minimum absolute atomic E-state index is 0.0468. The number of benzene rings is 1. The maximum atomic E-state index is 13.5. The van der Waals surface area contributed by atoms with Crippen molar-refractivity contribution in [3.8, 4) is 5.75 Å².